The van der Waals surface area contributed by atoms with Gasteiger partial charge < -0.3 is 4.90 Å². The molecule has 0 radical (unpaired) electrons. The zero-order valence-electron chi connectivity index (χ0n) is 13.7. The SMILES string of the molecule is C[C@@H](c1cccs1)N(C)C(=O)CN1CCC[C@H](c2ccn[nH]2)C1. The third-order valence-electron chi connectivity index (χ3n) is 4.76. The van der Waals surface area contributed by atoms with Crippen LogP contribution in [0.5, 0.6) is 0 Å². The van der Waals surface area contributed by atoms with Crippen LogP contribution in [0.4, 0.5) is 0 Å². The largest absolute Gasteiger partial charge is 0.337 e. The van der Waals surface area contributed by atoms with Crippen molar-refractivity contribution in [1.82, 2.24) is 20.0 Å². The van der Waals surface area contributed by atoms with Gasteiger partial charge in [0.2, 0.25) is 5.91 Å². The predicted octanol–water partition coefficient (Wildman–Crippen LogP) is 2.87. The molecule has 2 atom stereocenters. The van der Waals surface area contributed by atoms with Gasteiger partial charge in [0.15, 0.2) is 0 Å². The summed E-state index contributed by atoms with van der Waals surface area (Å²) in [6.07, 6.45) is 4.09. The number of piperidine rings is 1. The molecule has 6 heteroatoms. The predicted molar refractivity (Wildman–Crippen MR) is 92.5 cm³/mol. The van der Waals surface area contributed by atoms with Gasteiger partial charge in [-0.05, 0) is 43.8 Å². The summed E-state index contributed by atoms with van der Waals surface area (Å²) in [5, 5.41) is 9.17. The zero-order valence-corrected chi connectivity index (χ0v) is 14.6. The van der Waals surface area contributed by atoms with E-state index in [4.69, 9.17) is 0 Å². The van der Waals surface area contributed by atoms with Gasteiger partial charge in [-0.3, -0.25) is 14.8 Å². The molecule has 124 valence electrons. The van der Waals surface area contributed by atoms with Gasteiger partial charge in [-0.1, -0.05) is 6.07 Å². The quantitative estimate of drug-likeness (QED) is 0.916. The number of thiophene rings is 1. The molecular weight excluding hydrogens is 308 g/mol. The maximum Gasteiger partial charge on any atom is 0.237 e. The Labute approximate surface area is 141 Å². The molecule has 0 spiro atoms. The second kappa shape index (κ2) is 7.27. The lowest BCUT2D eigenvalue weighted by atomic mass is 9.95. The van der Waals surface area contributed by atoms with Crippen molar-refractivity contribution in [3.63, 3.8) is 0 Å². The molecule has 1 aliphatic rings. The van der Waals surface area contributed by atoms with E-state index in [-0.39, 0.29) is 11.9 Å². The van der Waals surface area contributed by atoms with Crippen LogP contribution in [0.15, 0.2) is 29.8 Å². The van der Waals surface area contributed by atoms with Gasteiger partial charge in [-0.2, -0.15) is 5.10 Å². The van der Waals surface area contributed by atoms with E-state index in [0.717, 1.165) is 25.9 Å². The molecule has 1 fully saturated rings. The van der Waals surface area contributed by atoms with Crippen molar-refractivity contribution in [2.75, 3.05) is 26.7 Å². The summed E-state index contributed by atoms with van der Waals surface area (Å²) in [5.41, 5.74) is 1.18. The van der Waals surface area contributed by atoms with E-state index in [9.17, 15) is 4.79 Å². The van der Waals surface area contributed by atoms with Gasteiger partial charge in [-0.25, -0.2) is 0 Å². The van der Waals surface area contributed by atoms with Crippen LogP contribution < -0.4 is 0 Å². The van der Waals surface area contributed by atoms with Crippen LogP contribution in [0.1, 0.15) is 42.3 Å². The Kier molecular flexibility index (Phi) is 5.13. The van der Waals surface area contributed by atoms with Crippen LogP contribution in [0, 0.1) is 0 Å². The molecule has 0 aliphatic carbocycles. The van der Waals surface area contributed by atoms with E-state index in [1.807, 2.05) is 24.1 Å². The number of rotatable bonds is 5. The van der Waals surface area contributed by atoms with Crippen molar-refractivity contribution >= 4 is 17.2 Å². The number of hydrogen-bond acceptors (Lipinski definition) is 4. The van der Waals surface area contributed by atoms with Crippen LogP contribution in [0.25, 0.3) is 0 Å². The molecule has 1 N–H and O–H groups in total. The summed E-state index contributed by atoms with van der Waals surface area (Å²) >= 11 is 1.70. The fourth-order valence-corrected chi connectivity index (χ4v) is 4.01. The molecule has 5 nitrogen and oxygen atoms in total. The first-order chi connectivity index (χ1) is 11.1. The highest BCUT2D eigenvalue weighted by Crippen LogP contribution is 2.26. The number of aromatic amines is 1. The number of likely N-dealkylation sites (tertiary alicyclic amines) is 1. The average molecular weight is 332 g/mol. The molecule has 1 amide bonds. The number of H-pyrrole nitrogens is 1. The number of carbonyl (C=O) groups is 1. The van der Waals surface area contributed by atoms with E-state index >= 15 is 0 Å². The van der Waals surface area contributed by atoms with E-state index in [1.54, 1.807) is 17.5 Å². The second-order valence-electron chi connectivity index (χ2n) is 6.28. The fourth-order valence-electron chi connectivity index (χ4n) is 3.19. The number of carbonyl (C=O) groups excluding carboxylic acids is 1. The molecule has 2 aromatic rings. The normalized spacial score (nSPS) is 20.3. The van der Waals surface area contributed by atoms with Crippen molar-refractivity contribution in [3.05, 3.63) is 40.3 Å². The lowest BCUT2D eigenvalue weighted by molar-refractivity contribution is -0.133. The van der Waals surface area contributed by atoms with Gasteiger partial charge in [0.25, 0.3) is 0 Å². The molecule has 3 heterocycles. The van der Waals surface area contributed by atoms with E-state index in [2.05, 4.69) is 33.5 Å². The topological polar surface area (TPSA) is 52.2 Å². The lowest BCUT2D eigenvalue weighted by Crippen LogP contribution is -2.43. The Bertz CT molecular complexity index is 611. The van der Waals surface area contributed by atoms with Crippen LogP contribution in [0.2, 0.25) is 0 Å². The highest BCUT2D eigenvalue weighted by molar-refractivity contribution is 7.10. The van der Waals surface area contributed by atoms with Gasteiger partial charge in [0.05, 0.1) is 12.6 Å². The standard InChI is InChI=1S/C17H24N4OS/c1-13(16-6-4-10-23-16)20(2)17(22)12-21-9-3-5-14(11-21)15-7-8-18-19-15/h4,6-8,10,13-14H,3,5,9,11-12H2,1-2H3,(H,18,19)/t13-,14-/m0/s1. The van der Waals surface area contributed by atoms with Crippen molar-refractivity contribution in [3.8, 4) is 0 Å². The minimum absolute atomic E-state index is 0.135. The van der Waals surface area contributed by atoms with Gasteiger partial charge in [0, 0.05) is 36.3 Å². The maximum atomic E-state index is 12.6. The van der Waals surface area contributed by atoms with Crippen LogP contribution in [-0.2, 0) is 4.79 Å². The maximum absolute atomic E-state index is 12.6. The minimum atomic E-state index is 0.135. The van der Waals surface area contributed by atoms with Crippen LogP contribution in [-0.4, -0.2) is 52.6 Å². The minimum Gasteiger partial charge on any atom is -0.337 e. The monoisotopic (exact) mass is 332 g/mol. The third kappa shape index (κ3) is 3.82. The Hall–Kier alpha value is -1.66. The van der Waals surface area contributed by atoms with Crippen LogP contribution >= 0.6 is 11.3 Å². The highest BCUT2D eigenvalue weighted by atomic mass is 32.1. The number of nitrogens with one attached hydrogen (secondary N) is 1. The molecule has 1 aliphatic heterocycles. The summed E-state index contributed by atoms with van der Waals surface area (Å²) in [4.78, 5) is 18.0. The second-order valence-corrected chi connectivity index (χ2v) is 7.26. The van der Waals surface area contributed by atoms with Crippen molar-refractivity contribution < 1.29 is 4.79 Å². The molecule has 0 aromatic carbocycles. The molecule has 2 aromatic heterocycles. The number of nitrogens with zero attached hydrogens (tertiary/aromatic N) is 3. The molecule has 0 bridgehead atoms. The Balaban J connectivity index is 1.56. The van der Waals surface area contributed by atoms with Gasteiger partial charge >= 0.3 is 0 Å². The first-order valence-corrected chi connectivity index (χ1v) is 9.04. The average Bonchev–Trinajstić information content (AvgIpc) is 3.26. The summed E-state index contributed by atoms with van der Waals surface area (Å²) < 4.78 is 0. The zero-order chi connectivity index (χ0) is 16.2. The number of amides is 1. The third-order valence-corrected chi connectivity index (χ3v) is 5.80. The van der Waals surface area contributed by atoms with Crippen molar-refractivity contribution in [1.29, 1.82) is 0 Å². The summed E-state index contributed by atoms with van der Waals surface area (Å²) in [6, 6.07) is 6.31. The van der Waals surface area contributed by atoms with Crippen LogP contribution in [0.3, 0.4) is 0 Å². The fraction of sp³-hybridized carbons (Fsp3) is 0.529. The van der Waals surface area contributed by atoms with Gasteiger partial charge in [-0.15, -0.1) is 11.3 Å². The summed E-state index contributed by atoms with van der Waals surface area (Å²) in [7, 11) is 1.91. The molecule has 23 heavy (non-hydrogen) atoms. The first-order valence-electron chi connectivity index (χ1n) is 8.16. The van der Waals surface area contributed by atoms with Crippen molar-refractivity contribution in [2.45, 2.75) is 31.7 Å². The highest BCUT2D eigenvalue weighted by Gasteiger charge is 2.26. The molecule has 1 saturated heterocycles. The number of aromatic nitrogens is 2. The number of likely N-dealkylation sites (N-methyl/N-ethyl adjacent to an activating group) is 1. The molecular formula is C17H24N4OS. The molecule has 3 rings (SSSR count). The van der Waals surface area contributed by atoms with E-state index < -0.39 is 0 Å². The van der Waals surface area contributed by atoms with Gasteiger partial charge in [0.1, 0.15) is 0 Å². The first kappa shape index (κ1) is 16.2. The Morgan fingerprint density at radius 2 is 2.43 bits per heavy atom. The molecule has 0 unspecified atom stereocenters. The smallest absolute Gasteiger partial charge is 0.237 e. The molecule has 0 saturated carbocycles. The lowest BCUT2D eigenvalue weighted by Gasteiger charge is -2.33. The Morgan fingerprint density at radius 3 is 3.13 bits per heavy atom. The van der Waals surface area contributed by atoms with Crippen molar-refractivity contribution in [2.24, 2.45) is 0 Å². The summed E-state index contributed by atoms with van der Waals surface area (Å²) in [6.45, 7) is 4.51. The summed E-state index contributed by atoms with van der Waals surface area (Å²) in [5.74, 6) is 0.648. The Morgan fingerprint density at radius 1 is 1.57 bits per heavy atom. The van der Waals surface area contributed by atoms with E-state index in [0.29, 0.717) is 12.5 Å². The van der Waals surface area contributed by atoms with E-state index in [1.165, 1.54) is 10.6 Å². The number of hydrogen-bond donors (Lipinski definition) is 1.